The zero-order chi connectivity index (χ0) is 21.7. The van der Waals surface area contributed by atoms with E-state index in [1.54, 1.807) is 50.2 Å². The predicted octanol–water partition coefficient (Wildman–Crippen LogP) is 3.32. The average Bonchev–Trinajstić information content (AvgIpc) is 3.17. The zero-order valence-electron chi connectivity index (χ0n) is 17.0. The summed E-state index contributed by atoms with van der Waals surface area (Å²) in [5.74, 6) is 0.512. The number of aliphatic hydroxyl groups is 1. The summed E-state index contributed by atoms with van der Waals surface area (Å²) in [5.41, 5.74) is 2.12. The third kappa shape index (κ3) is 4.59. The van der Waals surface area contributed by atoms with Crippen LogP contribution in [-0.2, 0) is 4.79 Å². The van der Waals surface area contributed by atoms with E-state index >= 15 is 0 Å². The minimum absolute atomic E-state index is 0.0152. The van der Waals surface area contributed by atoms with Gasteiger partial charge in [0.25, 0.3) is 0 Å². The van der Waals surface area contributed by atoms with E-state index in [0.29, 0.717) is 17.0 Å². The largest absolute Gasteiger partial charge is 0.509 e. The van der Waals surface area contributed by atoms with Crippen LogP contribution in [0.5, 0.6) is 5.75 Å². The Bertz CT molecular complexity index is 1100. The van der Waals surface area contributed by atoms with Crippen molar-refractivity contribution in [3.63, 3.8) is 0 Å². The lowest BCUT2D eigenvalue weighted by molar-refractivity contribution is -0.117. The number of nitrogens with one attached hydrogen (secondary N) is 2. The number of rotatable bonds is 7. The smallest absolute Gasteiger partial charge is 0.238 e. The van der Waals surface area contributed by atoms with Crippen LogP contribution in [0.4, 0.5) is 5.69 Å². The van der Waals surface area contributed by atoms with Crippen LogP contribution in [0.1, 0.15) is 12.7 Å². The Morgan fingerprint density at radius 3 is 2.80 bits per heavy atom. The minimum Gasteiger partial charge on any atom is -0.509 e. The number of carbonyl (C=O) groups is 1. The quantitative estimate of drug-likeness (QED) is 0.410. The molecule has 8 nitrogen and oxygen atoms in total. The van der Waals surface area contributed by atoms with Crippen molar-refractivity contribution in [3.05, 3.63) is 60.1 Å². The Balaban J connectivity index is 1.73. The molecule has 1 heterocycles. The van der Waals surface area contributed by atoms with Crippen molar-refractivity contribution in [1.29, 1.82) is 5.26 Å². The number of H-pyrrole nitrogens is 1. The number of likely N-dealkylation sites (N-methyl/N-ethyl adjacent to an activating group) is 1. The fraction of sp³-hybridized carbons (Fsp3) is 0.227. The van der Waals surface area contributed by atoms with E-state index in [0.717, 1.165) is 5.52 Å². The van der Waals surface area contributed by atoms with E-state index < -0.39 is 6.04 Å². The first-order valence-electron chi connectivity index (χ1n) is 9.35. The number of anilines is 1. The lowest BCUT2D eigenvalue weighted by Gasteiger charge is -2.24. The number of aromatic nitrogens is 2. The van der Waals surface area contributed by atoms with Crippen LogP contribution in [0.25, 0.3) is 16.6 Å². The first-order chi connectivity index (χ1) is 14.4. The summed E-state index contributed by atoms with van der Waals surface area (Å²) in [5, 5.41) is 23.1. The molecular formula is C22H23N5O3. The monoisotopic (exact) mass is 405 g/mol. The van der Waals surface area contributed by atoms with Crippen molar-refractivity contribution >= 4 is 28.2 Å². The first kappa shape index (κ1) is 20.9. The molecule has 0 bridgehead atoms. The number of para-hydroxylation sites is 2. The Hall–Kier alpha value is -3.83. The third-order valence-electron chi connectivity index (χ3n) is 4.80. The molecule has 0 saturated carbocycles. The molecule has 0 saturated heterocycles. The number of ether oxygens (including phenoxy) is 1. The summed E-state index contributed by atoms with van der Waals surface area (Å²) in [6.45, 7) is 1.73. The summed E-state index contributed by atoms with van der Waals surface area (Å²) >= 11 is 0. The summed E-state index contributed by atoms with van der Waals surface area (Å²) < 4.78 is 5.15. The molecular weight excluding hydrogens is 382 g/mol. The molecule has 3 aromatic rings. The SMILES string of the molecule is COc1cccc(NC(=O)CN(C)[C@@H](C)/C(O)=C(\C#N)c2nc3ccccc3[nH]2)c1. The number of carbonyl (C=O) groups excluding carboxylic acids is 1. The molecule has 2 aromatic carbocycles. The van der Waals surface area contributed by atoms with Crippen LogP contribution in [0.3, 0.4) is 0 Å². The molecule has 1 aromatic heterocycles. The van der Waals surface area contributed by atoms with Crippen LogP contribution in [0.15, 0.2) is 54.3 Å². The molecule has 0 aliphatic rings. The highest BCUT2D eigenvalue weighted by Gasteiger charge is 2.22. The van der Waals surface area contributed by atoms with Gasteiger partial charge in [0.1, 0.15) is 23.2 Å². The molecule has 30 heavy (non-hydrogen) atoms. The Morgan fingerprint density at radius 2 is 2.10 bits per heavy atom. The topological polar surface area (TPSA) is 114 Å². The molecule has 0 radical (unpaired) electrons. The van der Waals surface area contributed by atoms with Crippen molar-refractivity contribution in [2.45, 2.75) is 13.0 Å². The van der Waals surface area contributed by atoms with Gasteiger partial charge in [0.15, 0.2) is 5.82 Å². The number of aliphatic hydroxyl groups excluding tert-OH is 1. The first-order valence-corrected chi connectivity index (χ1v) is 9.35. The van der Waals surface area contributed by atoms with E-state index in [4.69, 9.17) is 4.74 Å². The van der Waals surface area contributed by atoms with Gasteiger partial charge in [-0.1, -0.05) is 18.2 Å². The van der Waals surface area contributed by atoms with Gasteiger partial charge >= 0.3 is 0 Å². The summed E-state index contributed by atoms with van der Waals surface area (Å²) in [6, 6.07) is 15.8. The van der Waals surface area contributed by atoms with Crippen LogP contribution < -0.4 is 10.1 Å². The number of nitriles is 1. The van der Waals surface area contributed by atoms with Gasteiger partial charge in [0, 0.05) is 11.8 Å². The van der Waals surface area contributed by atoms with Crippen molar-refractivity contribution in [2.24, 2.45) is 0 Å². The third-order valence-corrected chi connectivity index (χ3v) is 4.80. The number of hydrogen-bond acceptors (Lipinski definition) is 6. The van der Waals surface area contributed by atoms with E-state index in [1.165, 1.54) is 0 Å². The number of hydrogen-bond donors (Lipinski definition) is 3. The molecule has 0 spiro atoms. The second-order valence-corrected chi connectivity index (χ2v) is 6.85. The van der Waals surface area contributed by atoms with Gasteiger partial charge in [-0.3, -0.25) is 9.69 Å². The molecule has 1 amide bonds. The Kier molecular flexibility index (Phi) is 6.35. The number of amides is 1. The van der Waals surface area contributed by atoms with Crippen LogP contribution in [0, 0.1) is 11.3 Å². The number of allylic oxidation sites excluding steroid dienone is 1. The molecule has 154 valence electrons. The Labute approximate surface area is 174 Å². The lowest BCUT2D eigenvalue weighted by atomic mass is 10.1. The highest BCUT2D eigenvalue weighted by molar-refractivity contribution is 5.92. The highest BCUT2D eigenvalue weighted by Crippen LogP contribution is 2.22. The second-order valence-electron chi connectivity index (χ2n) is 6.85. The molecule has 1 atom stereocenters. The maximum absolute atomic E-state index is 12.4. The van der Waals surface area contributed by atoms with Gasteiger partial charge < -0.3 is 20.1 Å². The van der Waals surface area contributed by atoms with E-state index in [-0.39, 0.29) is 29.6 Å². The summed E-state index contributed by atoms with van der Waals surface area (Å²) in [7, 11) is 3.25. The number of fused-ring (bicyclic) bond motifs is 1. The van der Waals surface area contributed by atoms with Crippen LogP contribution in [0.2, 0.25) is 0 Å². The van der Waals surface area contributed by atoms with Crippen LogP contribution >= 0.6 is 0 Å². The fourth-order valence-electron chi connectivity index (χ4n) is 2.99. The minimum atomic E-state index is -0.580. The zero-order valence-corrected chi connectivity index (χ0v) is 17.0. The molecule has 3 N–H and O–H groups in total. The summed E-state index contributed by atoms with van der Waals surface area (Å²) in [4.78, 5) is 21.5. The van der Waals surface area contributed by atoms with E-state index in [1.807, 2.05) is 30.3 Å². The van der Waals surface area contributed by atoms with Gasteiger partial charge in [-0.15, -0.1) is 0 Å². The van der Waals surface area contributed by atoms with Gasteiger partial charge in [-0.25, -0.2) is 4.98 Å². The van der Waals surface area contributed by atoms with Gasteiger partial charge in [-0.2, -0.15) is 5.26 Å². The number of methoxy groups -OCH3 is 1. The maximum atomic E-state index is 12.4. The molecule has 3 rings (SSSR count). The normalized spacial score (nSPS) is 12.9. The molecule has 8 heteroatoms. The molecule has 0 aliphatic heterocycles. The summed E-state index contributed by atoms with van der Waals surface area (Å²) in [6.07, 6.45) is 0. The number of aromatic amines is 1. The van der Waals surface area contributed by atoms with Crippen molar-refractivity contribution in [3.8, 4) is 11.8 Å². The number of benzene rings is 2. The van der Waals surface area contributed by atoms with E-state index in [9.17, 15) is 15.2 Å². The lowest BCUT2D eigenvalue weighted by Crippen LogP contribution is -2.37. The van der Waals surface area contributed by atoms with Crippen molar-refractivity contribution in [2.75, 3.05) is 26.0 Å². The van der Waals surface area contributed by atoms with Gasteiger partial charge in [-0.05, 0) is 38.2 Å². The average molecular weight is 405 g/mol. The standard InChI is InChI=1S/C22H23N5O3/c1-14(27(2)13-20(28)24-15-7-6-8-16(11-15)30-3)21(29)17(12-23)22-25-18-9-4-5-10-19(18)26-22/h4-11,14,29H,13H2,1-3H3,(H,24,28)(H,25,26)/b21-17-/t14-/m0/s1. The van der Waals surface area contributed by atoms with Gasteiger partial charge in [0.05, 0.1) is 30.7 Å². The predicted molar refractivity (Wildman–Crippen MR) is 115 cm³/mol. The molecule has 0 unspecified atom stereocenters. The number of nitrogens with zero attached hydrogens (tertiary/aromatic N) is 3. The second kappa shape index (κ2) is 9.11. The van der Waals surface area contributed by atoms with Crippen molar-refractivity contribution in [1.82, 2.24) is 14.9 Å². The fourth-order valence-corrected chi connectivity index (χ4v) is 2.99. The highest BCUT2D eigenvalue weighted by atomic mass is 16.5. The van der Waals surface area contributed by atoms with E-state index in [2.05, 4.69) is 15.3 Å². The number of imidazole rings is 1. The van der Waals surface area contributed by atoms with Crippen LogP contribution in [-0.4, -0.2) is 52.6 Å². The molecule has 0 fully saturated rings. The maximum Gasteiger partial charge on any atom is 0.238 e. The Morgan fingerprint density at radius 1 is 1.33 bits per heavy atom. The molecule has 0 aliphatic carbocycles. The van der Waals surface area contributed by atoms with Crippen molar-refractivity contribution < 1.29 is 14.6 Å². The van der Waals surface area contributed by atoms with Gasteiger partial charge in [0.2, 0.25) is 5.91 Å².